The van der Waals surface area contributed by atoms with Crippen LogP contribution in [0.4, 0.5) is 10.1 Å². The lowest BCUT2D eigenvalue weighted by Crippen LogP contribution is -2.29. The summed E-state index contributed by atoms with van der Waals surface area (Å²) in [6.45, 7) is 2.17. The Balaban J connectivity index is 1.72. The molecule has 1 saturated carbocycles. The van der Waals surface area contributed by atoms with Crippen LogP contribution in [-0.4, -0.2) is 6.04 Å². The summed E-state index contributed by atoms with van der Waals surface area (Å²) in [4.78, 5) is 0. The lowest BCUT2D eigenvalue weighted by molar-refractivity contribution is 0.398. The average Bonchev–Trinajstić information content (AvgIpc) is 2.96. The first-order valence-corrected chi connectivity index (χ1v) is 7.32. The van der Waals surface area contributed by atoms with Gasteiger partial charge in [-0.05, 0) is 55.7 Å². The SMILES string of the molecule is CC(Nc1cc(Br)ccc1F)C1CC2C=CC1C2. The zero-order valence-corrected chi connectivity index (χ0v) is 12.0. The van der Waals surface area contributed by atoms with Gasteiger partial charge in [0.2, 0.25) is 0 Å². The summed E-state index contributed by atoms with van der Waals surface area (Å²) >= 11 is 3.38. The quantitative estimate of drug-likeness (QED) is 0.805. The van der Waals surface area contributed by atoms with Crippen LogP contribution < -0.4 is 5.32 Å². The molecular weight excluding hydrogens is 293 g/mol. The molecule has 2 aliphatic carbocycles. The third kappa shape index (κ3) is 2.20. The number of halogens is 2. The molecule has 96 valence electrons. The molecule has 4 atom stereocenters. The Morgan fingerprint density at radius 1 is 1.33 bits per heavy atom. The monoisotopic (exact) mass is 309 g/mol. The van der Waals surface area contributed by atoms with Crippen molar-refractivity contribution in [1.29, 1.82) is 0 Å². The fourth-order valence-electron chi connectivity index (χ4n) is 3.36. The van der Waals surface area contributed by atoms with E-state index < -0.39 is 0 Å². The van der Waals surface area contributed by atoms with Gasteiger partial charge in [0, 0.05) is 10.5 Å². The van der Waals surface area contributed by atoms with Gasteiger partial charge < -0.3 is 5.32 Å². The van der Waals surface area contributed by atoms with Crippen molar-refractivity contribution in [2.45, 2.75) is 25.8 Å². The van der Waals surface area contributed by atoms with Crippen molar-refractivity contribution in [3.05, 3.63) is 40.6 Å². The van der Waals surface area contributed by atoms with Crippen LogP contribution in [0.25, 0.3) is 0 Å². The second-order valence-electron chi connectivity index (χ2n) is 5.50. The van der Waals surface area contributed by atoms with E-state index in [4.69, 9.17) is 0 Å². The Hall–Kier alpha value is -0.830. The Labute approximate surface area is 116 Å². The van der Waals surface area contributed by atoms with E-state index in [2.05, 4.69) is 40.3 Å². The Kier molecular flexibility index (Phi) is 3.18. The second-order valence-corrected chi connectivity index (χ2v) is 6.42. The molecule has 0 heterocycles. The number of anilines is 1. The number of fused-ring (bicyclic) bond motifs is 2. The van der Waals surface area contributed by atoms with Crippen molar-refractivity contribution in [3.63, 3.8) is 0 Å². The van der Waals surface area contributed by atoms with Crippen LogP contribution in [0.2, 0.25) is 0 Å². The van der Waals surface area contributed by atoms with Gasteiger partial charge in [0.1, 0.15) is 5.82 Å². The molecule has 3 rings (SSSR count). The van der Waals surface area contributed by atoms with E-state index >= 15 is 0 Å². The van der Waals surface area contributed by atoms with E-state index in [9.17, 15) is 4.39 Å². The van der Waals surface area contributed by atoms with Crippen LogP contribution in [0.3, 0.4) is 0 Å². The predicted octanol–water partition coefficient (Wildman–Crippen LogP) is 4.60. The molecule has 3 heteroatoms. The van der Waals surface area contributed by atoms with Crippen LogP contribution in [0.1, 0.15) is 19.8 Å². The molecule has 0 aliphatic heterocycles. The summed E-state index contributed by atoms with van der Waals surface area (Å²) in [5, 5.41) is 3.34. The third-order valence-corrected chi connectivity index (χ3v) is 4.78. The summed E-state index contributed by atoms with van der Waals surface area (Å²) in [6, 6.07) is 5.36. The van der Waals surface area contributed by atoms with Crippen LogP contribution in [0, 0.1) is 23.6 Å². The molecule has 0 spiro atoms. The van der Waals surface area contributed by atoms with E-state index in [1.807, 2.05) is 6.07 Å². The van der Waals surface area contributed by atoms with Crippen molar-refractivity contribution >= 4 is 21.6 Å². The Morgan fingerprint density at radius 2 is 2.17 bits per heavy atom. The molecule has 0 saturated heterocycles. The van der Waals surface area contributed by atoms with E-state index in [1.165, 1.54) is 18.9 Å². The van der Waals surface area contributed by atoms with E-state index in [-0.39, 0.29) is 5.82 Å². The van der Waals surface area contributed by atoms with Crippen LogP contribution in [-0.2, 0) is 0 Å². The Bertz CT molecular complexity index is 485. The zero-order valence-electron chi connectivity index (χ0n) is 10.4. The van der Waals surface area contributed by atoms with Crippen LogP contribution >= 0.6 is 15.9 Å². The molecule has 0 aromatic heterocycles. The number of benzene rings is 1. The smallest absolute Gasteiger partial charge is 0.146 e. The van der Waals surface area contributed by atoms with Crippen molar-refractivity contribution in [1.82, 2.24) is 0 Å². The first kappa shape index (κ1) is 12.2. The lowest BCUT2D eigenvalue weighted by atomic mass is 9.87. The Morgan fingerprint density at radius 3 is 2.83 bits per heavy atom. The molecule has 2 bridgehead atoms. The molecule has 1 nitrogen and oxygen atoms in total. The topological polar surface area (TPSA) is 12.0 Å². The van der Waals surface area contributed by atoms with Gasteiger partial charge in [-0.15, -0.1) is 0 Å². The van der Waals surface area contributed by atoms with E-state index in [0.29, 0.717) is 23.6 Å². The minimum atomic E-state index is -0.177. The number of allylic oxidation sites excluding steroid dienone is 2. The molecule has 4 unspecified atom stereocenters. The summed E-state index contributed by atoms with van der Waals surface area (Å²) < 4.78 is 14.6. The highest BCUT2D eigenvalue weighted by atomic mass is 79.9. The van der Waals surface area contributed by atoms with E-state index in [0.717, 1.165) is 10.4 Å². The highest BCUT2D eigenvalue weighted by molar-refractivity contribution is 9.10. The second kappa shape index (κ2) is 4.69. The maximum atomic E-state index is 13.7. The molecule has 18 heavy (non-hydrogen) atoms. The maximum absolute atomic E-state index is 13.7. The summed E-state index contributed by atoms with van der Waals surface area (Å²) in [6.07, 6.45) is 7.21. The van der Waals surface area contributed by atoms with Gasteiger partial charge in [0.05, 0.1) is 5.69 Å². The largest absolute Gasteiger partial charge is 0.380 e. The molecule has 1 fully saturated rings. The van der Waals surface area contributed by atoms with Gasteiger partial charge in [-0.25, -0.2) is 4.39 Å². The van der Waals surface area contributed by atoms with Gasteiger partial charge in [-0.1, -0.05) is 28.1 Å². The molecule has 1 N–H and O–H groups in total. The van der Waals surface area contributed by atoms with Crippen molar-refractivity contribution in [2.24, 2.45) is 17.8 Å². The minimum Gasteiger partial charge on any atom is -0.380 e. The fourth-order valence-corrected chi connectivity index (χ4v) is 3.72. The van der Waals surface area contributed by atoms with Crippen molar-refractivity contribution < 1.29 is 4.39 Å². The number of hydrogen-bond acceptors (Lipinski definition) is 1. The van der Waals surface area contributed by atoms with Crippen LogP contribution in [0.5, 0.6) is 0 Å². The molecule has 1 aromatic carbocycles. The van der Waals surface area contributed by atoms with Gasteiger partial charge >= 0.3 is 0 Å². The van der Waals surface area contributed by atoms with Gasteiger partial charge in [0.15, 0.2) is 0 Å². The summed E-state index contributed by atoms with van der Waals surface area (Å²) in [7, 11) is 0. The highest BCUT2D eigenvalue weighted by Crippen LogP contribution is 2.45. The molecule has 0 radical (unpaired) electrons. The normalized spacial score (nSPS) is 30.7. The fraction of sp³-hybridized carbons (Fsp3) is 0.467. The zero-order chi connectivity index (χ0) is 12.7. The summed E-state index contributed by atoms with van der Waals surface area (Å²) in [5.41, 5.74) is 0.601. The molecule has 1 aromatic rings. The van der Waals surface area contributed by atoms with Crippen molar-refractivity contribution in [3.8, 4) is 0 Å². The predicted molar refractivity (Wildman–Crippen MR) is 76.0 cm³/mol. The van der Waals surface area contributed by atoms with Gasteiger partial charge in [-0.3, -0.25) is 0 Å². The lowest BCUT2D eigenvalue weighted by Gasteiger charge is -2.27. The number of rotatable bonds is 3. The van der Waals surface area contributed by atoms with Crippen LogP contribution in [0.15, 0.2) is 34.8 Å². The average molecular weight is 310 g/mol. The first-order chi connectivity index (χ1) is 8.63. The minimum absolute atomic E-state index is 0.177. The number of hydrogen-bond donors (Lipinski definition) is 1. The van der Waals surface area contributed by atoms with Gasteiger partial charge in [0.25, 0.3) is 0 Å². The highest BCUT2D eigenvalue weighted by Gasteiger charge is 2.38. The summed E-state index contributed by atoms with van der Waals surface area (Å²) in [5.74, 6) is 1.91. The standard InChI is InChI=1S/C15H17BrFN/c1-9(13-7-10-2-3-11(13)6-10)18-15-8-12(16)4-5-14(15)17/h2-5,8-11,13,18H,6-7H2,1H3. The molecule has 2 aliphatic rings. The first-order valence-electron chi connectivity index (χ1n) is 6.53. The molecular formula is C15H17BrFN. The van der Waals surface area contributed by atoms with Crippen molar-refractivity contribution in [2.75, 3.05) is 5.32 Å². The third-order valence-electron chi connectivity index (χ3n) is 4.28. The van der Waals surface area contributed by atoms with E-state index in [1.54, 1.807) is 6.07 Å². The molecule has 0 amide bonds. The van der Waals surface area contributed by atoms with Gasteiger partial charge in [-0.2, -0.15) is 0 Å². The number of nitrogens with one attached hydrogen (secondary N) is 1. The maximum Gasteiger partial charge on any atom is 0.146 e.